The molecule has 1 aliphatic rings. The fraction of sp³-hybridized carbons (Fsp3) is 0.562. The molecule has 1 aliphatic heterocycles. The lowest BCUT2D eigenvalue weighted by atomic mass is 9.94. The van der Waals surface area contributed by atoms with Crippen LogP contribution in [0.5, 0.6) is 0 Å². The predicted octanol–water partition coefficient (Wildman–Crippen LogP) is 2.25. The van der Waals surface area contributed by atoms with Gasteiger partial charge in [0.1, 0.15) is 5.82 Å². The van der Waals surface area contributed by atoms with E-state index in [1.54, 1.807) is 12.1 Å². The standard InChI is InChI=1S/C16H23FN2O2/c1-12-5-6-13(11-20)10-19(12)8-7-16(21)18-15-4-2-3-14(17)9-15/h2-4,9,12-13,20H,5-8,10-11H2,1H3,(H,18,21). The molecular weight excluding hydrogens is 271 g/mol. The molecule has 0 spiro atoms. The van der Waals surface area contributed by atoms with Gasteiger partial charge in [0.2, 0.25) is 5.91 Å². The number of aliphatic hydroxyl groups excluding tert-OH is 1. The molecule has 0 radical (unpaired) electrons. The maximum Gasteiger partial charge on any atom is 0.225 e. The van der Waals surface area contributed by atoms with Crippen molar-refractivity contribution in [1.29, 1.82) is 0 Å². The van der Waals surface area contributed by atoms with Crippen molar-refractivity contribution >= 4 is 11.6 Å². The van der Waals surface area contributed by atoms with Crippen LogP contribution >= 0.6 is 0 Å². The fourth-order valence-corrected chi connectivity index (χ4v) is 2.76. The van der Waals surface area contributed by atoms with E-state index in [1.807, 2.05) is 0 Å². The van der Waals surface area contributed by atoms with E-state index >= 15 is 0 Å². The Morgan fingerprint density at radius 3 is 3.00 bits per heavy atom. The molecule has 1 aromatic rings. The van der Waals surface area contributed by atoms with Crippen molar-refractivity contribution in [2.75, 3.05) is 25.0 Å². The van der Waals surface area contributed by atoms with Crippen LogP contribution < -0.4 is 5.32 Å². The topological polar surface area (TPSA) is 52.6 Å². The summed E-state index contributed by atoms with van der Waals surface area (Å²) in [6, 6.07) is 6.34. The number of likely N-dealkylation sites (tertiary alicyclic amines) is 1. The van der Waals surface area contributed by atoms with E-state index in [-0.39, 0.29) is 18.3 Å². The Kier molecular flexibility index (Phi) is 5.70. The number of halogens is 1. The average Bonchev–Trinajstić information content (AvgIpc) is 2.46. The number of hydrogen-bond acceptors (Lipinski definition) is 3. The van der Waals surface area contributed by atoms with Gasteiger partial charge in [-0.15, -0.1) is 0 Å². The maximum atomic E-state index is 13.0. The number of aliphatic hydroxyl groups is 1. The molecule has 2 unspecified atom stereocenters. The zero-order valence-electron chi connectivity index (χ0n) is 12.4. The van der Waals surface area contributed by atoms with Crippen LogP contribution in [-0.4, -0.2) is 41.7 Å². The van der Waals surface area contributed by atoms with Crippen LogP contribution in [0.3, 0.4) is 0 Å². The third-order valence-electron chi connectivity index (χ3n) is 4.10. The number of hydrogen-bond donors (Lipinski definition) is 2. The number of nitrogens with one attached hydrogen (secondary N) is 1. The minimum absolute atomic E-state index is 0.112. The fourth-order valence-electron chi connectivity index (χ4n) is 2.76. The summed E-state index contributed by atoms with van der Waals surface area (Å²) in [4.78, 5) is 14.2. The van der Waals surface area contributed by atoms with Gasteiger partial charge in [0.25, 0.3) is 0 Å². The lowest BCUT2D eigenvalue weighted by Gasteiger charge is -2.37. The van der Waals surface area contributed by atoms with E-state index in [0.717, 1.165) is 19.4 Å². The quantitative estimate of drug-likeness (QED) is 0.876. The van der Waals surface area contributed by atoms with Gasteiger partial charge in [-0.25, -0.2) is 4.39 Å². The first kappa shape index (κ1) is 15.9. The lowest BCUT2D eigenvalue weighted by molar-refractivity contribution is -0.116. The summed E-state index contributed by atoms with van der Waals surface area (Å²) in [5.74, 6) is -0.158. The third-order valence-corrected chi connectivity index (χ3v) is 4.10. The van der Waals surface area contributed by atoms with Gasteiger partial charge in [0.15, 0.2) is 0 Å². The minimum atomic E-state index is -0.358. The van der Waals surface area contributed by atoms with E-state index in [9.17, 15) is 14.3 Å². The van der Waals surface area contributed by atoms with Crippen LogP contribution in [-0.2, 0) is 4.79 Å². The monoisotopic (exact) mass is 294 g/mol. The van der Waals surface area contributed by atoms with Gasteiger partial charge >= 0.3 is 0 Å². The van der Waals surface area contributed by atoms with Crippen molar-refractivity contribution in [3.63, 3.8) is 0 Å². The predicted molar refractivity (Wildman–Crippen MR) is 80.5 cm³/mol. The SMILES string of the molecule is CC1CCC(CO)CN1CCC(=O)Nc1cccc(F)c1. The molecule has 0 aromatic heterocycles. The second-order valence-corrected chi connectivity index (χ2v) is 5.78. The molecule has 2 atom stereocenters. The van der Waals surface area contributed by atoms with Crippen LogP contribution in [0.25, 0.3) is 0 Å². The molecule has 0 bridgehead atoms. The normalized spacial score (nSPS) is 23.0. The van der Waals surface area contributed by atoms with E-state index in [1.165, 1.54) is 12.1 Å². The van der Waals surface area contributed by atoms with Crippen molar-refractivity contribution in [3.8, 4) is 0 Å². The van der Waals surface area contributed by atoms with Crippen molar-refractivity contribution in [2.24, 2.45) is 5.92 Å². The largest absolute Gasteiger partial charge is 0.396 e. The smallest absolute Gasteiger partial charge is 0.225 e. The summed E-state index contributed by atoms with van der Waals surface area (Å²) in [5.41, 5.74) is 0.486. The number of carbonyl (C=O) groups is 1. The Morgan fingerprint density at radius 1 is 1.48 bits per heavy atom. The number of anilines is 1. The van der Waals surface area contributed by atoms with Crippen molar-refractivity contribution in [2.45, 2.75) is 32.2 Å². The van der Waals surface area contributed by atoms with Crippen molar-refractivity contribution in [1.82, 2.24) is 4.90 Å². The highest BCUT2D eigenvalue weighted by Crippen LogP contribution is 2.21. The highest BCUT2D eigenvalue weighted by molar-refractivity contribution is 5.90. The lowest BCUT2D eigenvalue weighted by Crippen LogP contribution is -2.43. The highest BCUT2D eigenvalue weighted by Gasteiger charge is 2.25. The van der Waals surface area contributed by atoms with Gasteiger partial charge in [-0.1, -0.05) is 6.07 Å². The molecule has 116 valence electrons. The Bertz CT molecular complexity index is 481. The second kappa shape index (κ2) is 7.52. The first-order chi connectivity index (χ1) is 10.1. The van der Waals surface area contributed by atoms with Crippen LogP contribution in [0.1, 0.15) is 26.2 Å². The van der Waals surface area contributed by atoms with Gasteiger partial charge in [0.05, 0.1) is 0 Å². The van der Waals surface area contributed by atoms with Crippen LogP contribution in [0, 0.1) is 11.7 Å². The van der Waals surface area contributed by atoms with E-state index in [4.69, 9.17) is 0 Å². The van der Waals surface area contributed by atoms with Gasteiger partial charge in [0, 0.05) is 37.8 Å². The number of nitrogens with zero attached hydrogens (tertiary/aromatic N) is 1. The van der Waals surface area contributed by atoms with Crippen LogP contribution in [0.2, 0.25) is 0 Å². The Hall–Kier alpha value is -1.46. The molecule has 1 heterocycles. The summed E-state index contributed by atoms with van der Waals surface area (Å²) >= 11 is 0. The molecule has 0 aliphatic carbocycles. The number of carbonyl (C=O) groups excluding carboxylic acids is 1. The third kappa shape index (κ3) is 4.79. The molecule has 5 heteroatoms. The Balaban J connectivity index is 1.80. The average molecular weight is 294 g/mol. The molecule has 2 rings (SSSR count). The molecule has 2 N–H and O–H groups in total. The zero-order chi connectivity index (χ0) is 15.2. The summed E-state index contributed by atoms with van der Waals surface area (Å²) in [5, 5.41) is 12.0. The Morgan fingerprint density at radius 2 is 2.29 bits per heavy atom. The summed E-state index contributed by atoms with van der Waals surface area (Å²) in [6.07, 6.45) is 2.47. The van der Waals surface area contributed by atoms with Crippen molar-refractivity contribution in [3.05, 3.63) is 30.1 Å². The first-order valence-electron chi connectivity index (χ1n) is 7.49. The van der Waals surface area contributed by atoms with Crippen LogP contribution in [0.4, 0.5) is 10.1 Å². The van der Waals surface area contributed by atoms with Gasteiger partial charge in [-0.05, 0) is 43.9 Å². The molecule has 21 heavy (non-hydrogen) atoms. The highest BCUT2D eigenvalue weighted by atomic mass is 19.1. The van der Waals surface area contributed by atoms with Gasteiger partial charge in [-0.2, -0.15) is 0 Å². The van der Waals surface area contributed by atoms with E-state index in [2.05, 4.69) is 17.1 Å². The summed E-state index contributed by atoms with van der Waals surface area (Å²) in [7, 11) is 0. The number of amides is 1. The van der Waals surface area contributed by atoms with Crippen molar-refractivity contribution < 1.29 is 14.3 Å². The summed E-state index contributed by atoms with van der Waals surface area (Å²) in [6.45, 7) is 3.86. The zero-order valence-corrected chi connectivity index (χ0v) is 12.4. The molecule has 1 fully saturated rings. The minimum Gasteiger partial charge on any atom is -0.396 e. The Labute approximate surface area is 125 Å². The molecular formula is C16H23FN2O2. The second-order valence-electron chi connectivity index (χ2n) is 5.78. The van der Waals surface area contributed by atoms with Crippen LogP contribution in [0.15, 0.2) is 24.3 Å². The molecule has 1 saturated heterocycles. The summed E-state index contributed by atoms with van der Waals surface area (Å²) < 4.78 is 13.0. The number of rotatable bonds is 5. The molecule has 1 amide bonds. The van der Waals surface area contributed by atoms with E-state index in [0.29, 0.717) is 30.6 Å². The first-order valence-corrected chi connectivity index (χ1v) is 7.49. The van der Waals surface area contributed by atoms with Gasteiger partial charge < -0.3 is 10.4 Å². The number of benzene rings is 1. The molecule has 1 aromatic carbocycles. The van der Waals surface area contributed by atoms with Gasteiger partial charge in [-0.3, -0.25) is 9.69 Å². The maximum absolute atomic E-state index is 13.0. The number of piperidine rings is 1. The molecule has 0 saturated carbocycles. The molecule has 4 nitrogen and oxygen atoms in total. The van der Waals surface area contributed by atoms with E-state index < -0.39 is 0 Å².